The summed E-state index contributed by atoms with van der Waals surface area (Å²) in [5, 5.41) is 7.41. The van der Waals surface area contributed by atoms with Gasteiger partial charge in [-0.1, -0.05) is 40.7 Å². The molecule has 2 N–H and O–H groups in total. The highest BCUT2D eigenvalue weighted by Crippen LogP contribution is 2.36. The Bertz CT molecular complexity index is 1540. The first-order valence-electron chi connectivity index (χ1n) is 12.7. The number of hydrogen-bond donors (Lipinski definition) is 2. The highest BCUT2D eigenvalue weighted by molar-refractivity contribution is 5.77. The van der Waals surface area contributed by atoms with Crippen molar-refractivity contribution in [3.8, 4) is 5.69 Å². The van der Waals surface area contributed by atoms with Crippen LogP contribution < -0.4 is 16.2 Å². The average Bonchev–Trinajstić information content (AvgIpc) is 3.62. The summed E-state index contributed by atoms with van der Waals surface area (Å²) in [4.78, 5) is 27.3. The molecule has 4 aromatic rings. The lowest BCUT2D eigenvalue weighted by atomic mass is 9.79. The third kappa shape index (κ3) is 3.89. The normalized spacial score (nSPS) is 17.2. The van der Waals surface area contributed by atoms with Gasteiger partial charge >= 0.3 is 0 Å². The summed E-state index contributed by atoms with van der Waals surface area (Å²) in [6, 6.07) is 10.6. The zero-order chi connectivity index (χ0) is 25.2. The van der Waals surface area contributed by atoms with Gasteiger partial charge in [0.15, 0.2) is 5.65 Å². The molecule has 2 aliphatic rings. The van der Waals surface area contributed by atoms with Crippen LogP contribution in [0.25, 0.3) is 16.7 Å². The minimum Gasteiger partial charge on any atom is -0.324 e. The molecule has 6 rings (SSSR count). The van der Waals surface area contributed by atoms with Crippen LogP contribution >= 0.6 is 0 Å². The highest BCUT2D eigenvalue weighted by atomic mass is 16.1. The quantitative estimate of drug-likeness (QED) is 0.436. The first-order chi connectivity index (χ1) is 17.1. The predicted molar refractivity (Wildman–Crippen MR) is 142 cm³/mol. The van der Waals surface area contributed by atoms with Gasteiger partial charge in [-0.3, -0.25) is 9.78 Å². The zero-order valence-electron chi connectivity index (χ0n) is 21.6. The molecule has 36 heavy (non-hydrogen) atoms. The second kappa shape index (κ2) is 8.00. The van der Waals surface area contributed by atoms with Crippen LogP contribution in [0.5, 0.6) is 0 Å². The monoisotopic (exact) mass is 483 g/mol. The average molecular weight is 484 g/mol. The minimum atomic E-state index is -0.110. The van der Waals surface area contributed by atoms with E-state index < -0.39 is 0 Å². The van der Waals surface area contributed by atoms with Crippen molar-refractivity contribution in [2.24, 2.45) is 0 Å². The van der Waals surface area contributed by atoms with Crippen LogP contribution in [-0.2, 0) is 17.4 Å². The fourth-order valence-corrected chi connectivity index (χ4v) is 5.13. The van der Waals surface area contributed by atoms with Crippen molar-refractivity contribution in [1.29, 1.82) is 0 Å². The van der Waals surface area contributed by atoms with Gasteiger partial charge in [-0.15, -0.1) is 0 Å². The molecule has 0 unspecified atom stereocenters. The van der Waals surface area contributed by atoms with Crippen molar-refractivity contribution in [1.82, 2.24) is 29.6 Å². The number of nitrogens with one attached hydrogen (secondary N) is 2. The molecule has 0 saturated heterocycles. The van der Waals surface area contributed by atoms with Crippen molar-refractivity contribution in [3.05, 3.63) is 69.9 Å². The molecule has 1 aliphatic carbocycles. The molecule has 0 radical (unpaired) electrons. The van der Waals surface area contributed by atoms with Gasteiger partial charge < -0.3 is 10.6 Å². The first-order valence-corrected chi connectivity index (χ1v) is 12.7. The van der Waals surface area contributed by atoms with E-state index in [9.17, 15) is 4.79 Å². The fourth-order valence-electron chi connectivity index (χ4n) is 5.13. The van der Waals surface area contributed by atoms with Crippen LogP contribution in [0.15, 0.2) is 47.5 Å². The van der Waals surface area contributed by atoms with Crippen LogP contribution in [0.2, 0.25) is 0 Å². The SMILES string of the molecule is CC(C)(C)c1cc(-n2c3nc(Nc4ccc5c(c4)CNCC5(C)C)ncc3c(=O)n2C2CC2)ccn1. The van der Waals surface area contributed by atoms with Gasteiger partial charge in [0.1, 0.15) is 5.39 Å². The van der Waals surface area contributed by atoms with Crippen molar-refractivity contribution in [3.63, 3.8) is 0 Å². The third-order valence-corrected chi connectivity index (χ3v) is 7.25. The van der Waals surface area contributed by atoms with E-state index in [1.807, 2.05) is 21.6 Å². The molecule has 1 fully saturated rings. The number of nitrogens with zero attached hydrogens (tertiary/aromatic N) is 5. The minimum absolute atomic E-state index is 0.0461. The number of benzene rings is 1. The van der Waals surface area contributed by atoms with Gasteiger partial charge in [0, 0.05) is 47.7 Å². The molecule has 0 spiro atoms. The Labute approximate surface area is 210 Å². The molecule has 8 heteroatoms. The van der Waals surface area contributed by atoms with E-state index in [1.165, 1.54) is 11.1 Å². The molecular weight excluding hydrogens is 450 g/mol. The Morgan fingerprint density at radius 2 is 1.92 bits per heavy atom. The van der Waals surface area contributed by atoms with Crippen LogP contribution in [0.3, 0.4) is 0 Å². The van der Waals surface area contributed by atoms with E-state index in [0.29, 0.717) is 17.0 Å². The van der Waals surface area contributed by atoms with E-state index in [4.69, 9.17) is 4.98 Å². The van der Waals surface area contributed by atoms with Gasteiger partial charge in [0.25, 0.3) is 5.56 Å². The lowest BCUT2D eigenvalue weighted by Crippen LogP contribution is -2.38. The molecule has 0 amide bonds. The van der Waals surface area contributed by atoms with Crippen LogP contribution in [-0.4, -0.2) is 30.9 Å². The Kier molecular flexibility index (Phi) is 5.09. The van der Waals surface area contributed by atoms with Crippen molar-refractivity contribution in [2.75, 3.05) is 11.9 Å². The predicted octanol–water partition coefficient (Wildman–Crippen LogP) is 4.73. The maximum atomic E-state index is 13.4. The van der Waals surface area contributed by atoms with Crippen molar-refractivity contribution >= 4 is 22.7 Å². The van der Waals surface area contributed by atoms with Gasteiger partial charge in [-0.25, -0.2) is 14.3 Å². The number of aromatic nitrogens is 5. The van der Waals surface area contributed by atoms with Crippen LogP contribution in [0.1, 0.15) is 70.3 Å². The maximum Gasteiger partial charge on any atom is 0.278 e. The molecule has 0 atom stereocenters. The maximum absolute atomic E-state index is 13.4. The lowest BCUT2D eigenvalue weighted by Gasteiger charge is -2.33. The molecule has 8 nitrogen and oxygen atoms in total. The molecule has 1 aliphatic heterocycles. The number of rotatable bonds is 4. The standard InChI is InChI=1S/C28H33N7O/c1-27(2,3)23-13-20(10-11-30-23)34-24-21(25(36)35(34)19-7-8-19)15-31-26(33-24)32-18-6-9-22-17(12-18)14-29-16-28(22,4)5/h6,9-13,15,19,29H,7-8,14,16H2,1-5H3,(H,31,32,33). The number of pyridine rings is 1. The third-order valence-electron chi connectivity index (χ3n) is 7.25. The molecule has 4 heterocycles. The van der Waals surface area contributed by atoms with Gasteiger partial charge in [0.05, 0.1) is 11.7 Å². The van der Waals surface area contributed by atoms with E-state index in [2.05, 4.69) is 79.5 Å². The van der Waals surface area contributed by atoms with E-state index in [1.54, 1.807) is 6.20 Å². The summed E-state index contributed by atoms with van der Waals surface area (Å²) in [5.41, 5.74) is 5.98. The number of fused-ring (bicyclic) bond motifs is 2. The van der Waals surface area contributed by atoms with Gasteiger partial charge in [-0.2, -0.15) is 4.98 Å². The van der Waals surface area contributed by atoms with Crippen molar-refractivity contribution < 1.29 is 0 Å². The summed E-state index contributed by atoms with van der Waals surface area (Å²) in [6.07, 6.45) is 5.45. The molecular formula is C28H33N7O. The second-order valence-electron chi connectivity index (χ2n) is 11.8. The summed E-state index contributed by atoms with van der Waals surface area (Å²) in [5.74, 6) is 0.470. The van der Waals surface area contributed by atoms with E-state index >= 15 is 0 Å². The topological polar surface area (TPSA) is 89.7 Å². The molecule has 0 bridgehead atoms. The Morgan fingerprint density at radius 1 is 1.11 bits per heavy atom. The van der Waals surface area contributed by atoms with E-state index in [0.717, 1.165) is 43.0 Å². The summed E-state index contributed by atoms with van der Waals surface area (Å²) < 4.78 is 3.80. The molecule has 1 saturated carbocycles. The van der Waals surface area contributed by atoms with E-state index in [-0.39, 0.29) is 22.4 Å². The second-order valence-corrected chi connectivity index (χ2v) is 11.8. The molecule has 1 aromatic carbocycles. The van der Waals surface area contributed by atoms with Gasteiger partial charge in [0.2, 0.25) is 5.95 Å². The molecule has 3 aromatic heterocycles. The Hall–Kier alpha value is -3.52. The summed E-state index contributed by atoms with van der Waals surface area (Å²) >= 11 is 0. The van der Waals surface area contributed by atoms with Crippen molar-refractivity contribution in [2.45, 2.75) is 70.9 Å². The van der Waals surface area contributed by atoms with Crippen LogP contribution in [0, 0.1) is 0 Å². The van der Waals surface area contributed by atoms with Crippen LogP contribution in [0.4, 0.5) is 11.6 Å². The highest BCUT2D eigenvalue weighted by Gasteiger charge is 2.31. The Balaban J connectivity index is 1.45. The van der Waals surface area contributed by atoms with Gasteiger partial charge in [-0.05, 0) is 48.2 Å². The largest absolute Gasteiger partial charge is 0.324 e. The summed E-state index contributed by atoms with van der Waals surface area (Å²) in [6.45, 7) is 12.7. The number of anilines is 2. The number of hydrogen-bond acceptors (Lipinski definition) is 6. The zero-order valence-corrected chi connectivity index (χ0v) is 21.6. The first kappa shape index (κ1) is 22.9. The fraction of sp³-hybridized carbons (Fsp3) is 0.429. The Morgan fingerprint density at radius 3 is 2.67 bits per heavy atom. The lowest BCUT2D eigenvalue weighted by molar-refractivity contribution is 0.435. The summed E-state index contributed by atoms with van der Waals surface area (Å²) in [7, 11) is 0. The molecule has 186 valence electrons. The smallest absolute Gasteiger partial charge is 0.278 e.